The highest BCUT2D eigenvalue weighted by atomic mass is 35.5. The predicted octanol–water partition coefficient (Wildman–Crippen LogP) is 3.30. The number of halogens is 1. The van der Waals surface area contributed by atoms with Crippen LogP contribution in [0.25, 0.3) is 0 Å². The van der Waals surface area contributed by atoms with Gasteiger partial charge in [0.2, 0.25) is 0 Å². The number of urea groups is 1. The molecule has 110 valence electrons. The third kappa shape index (κ3) is 5.30. The van der Waals surface area contributed by atoms with Gasteiger partial charge in [-0.25, -0.2) is 9.59 Å². The van der Waals surface area contributed by atoms with Gasteiger partial charge in [-0.3, -0.25) is 0 Å². The third-order valence-corrected chi connectivity index (χ3v) is 4.05. The number of carboxylic acid groups (broad SMARTS) is 1. The highest BCUT2D eigenvalue weighted by Gasteiger charge is 2.10. The van der Waals surface area contributed by atoms with Gasteiger partial charge in [-0.05, 0) is 30.9 Å². The van der Waals surface area contributed by atoms with Gasteiger partial charge in [-0.2, -0.15) is 11.8 Å². The second-order valence-electron chi connectivity index (χ2n) is 4.22. The molecule has 0 bridgehead atoms. The summed E-state index contributed by atoms with van der Waals surface area (Å²) in [5.74, 6) is -1.10. The molecule has 0 saturated heterocycles. The van der Waals surface area contributed by atoms with Gasteiger partial charge in [0, 0.05) is 17.5 Å². The molecule has 0 aliphatic rings. The Bertz CT molecular complexity index is 497. The number of carbonyl (C=O) groups is 2. The van der Waals surface area contributed by atoms with Crippen LogP contribution < -0.4 is 10.6 Å². The molecule has 0 aliphatic heterocycles. The number of hydrogen-bond donors (Lipinski definition) is 3. The Labute approximate surface area is 127 Å². The maximum absolute atomic E-state index is 11.6. The largest absolute Gasteiger partial charge is 0.478 e. The van der Waals surface area contributed by atoms with Crippen molar-refractivity contribution in [3.05, 3.63) is 28.8 Å². The van der Waals surface area contributed by atoms with E-state index in [1.165, 1.54) is 18.2 Å². The van der Waals surface area contributed by atoms with Crippen molar-refractivity contribution in [3.8, 4) is 0 Å². The lowest BCUT2D eigenvalue weighted by molar-refractivity contribution is 0.0697. The first-order valence-electron chi connectivity index (χ1n) is 6.04. The van der Waals surface area contributed by atoms with Gasteiger partial charge >= 0.3 is 12.0 Å². The van der Waals surface area contributed by atoms with E-state index in [1.54, 1.807) is 11.8 Å². The van der Waals surface area contributed by atoms with Crippen molar-refractivity contribution in [1.29, 1.82) is 0 Å². The molecule has 20 heavy (non-hydrogen) atoms. The minimum atomic E-state index is -1.10. The average molecular weight is 317 g/mol. The Morgan fingerprint density at radius 3 is 2.70 bits per heavy atom. The van der Waals surface area contributed by atoms with E-state index in [2.05, 4.69) is 17.6 Å². The van der Waals surface area contributed by atoms with Crippen LogP contribution in [0.2, 0.25) is 5.02 Å². The fraction of sp³-hybridized carbons (Fsp3) is 0.385. The monoisotopic (exact) mass is 316 g/mol. The predicted molar refractivity (Wildman–Crippen MR) is 83.0 cm³/mol. The highest BCUT2D eigenvalue weighted by Crippen LogP contribution is 2.20. The smallest absolute Gasteiger partial charge is 0.337 e. The van der Waals surface area contributed by atoms with Gasteiger partial charge in [0.05, 0.1) is 10.6 Å². The maximum Gasteiger partial charge on any atom is 0.337 e. The van der Waals surface area contributed by atoms with Crippen LogP contribution in [0.5, 0.6) is 0 Å². The Hall–Kier alpha value is -1.40. The van der Waals surface area contributed by atoms with Gasteiger partial charge < -0.3 is 15.7 Å². The number of anilines is 1. The summed E-state index contributed by atoms with van der Waals surface area (Å²) in [6.45, 7) is 2.67. The zero-order valence-corrected chi connectivity index (χ0v) is 12.8. The number of aromatic carboxylic acids is 1. The summed E-state index contributed by atoms with van der Waals surface area (Å²) in [4.78, 5) is 22.4. The van der Waals surface area contributed by atoms with Crippen molar-refractivity contribution in [2.75, 3.05) is 18.1 Å². The number of amides is 2. The topological polar surface area (TPSA) is 78.4 Å². The lowest BCUT2D eigenvalue weighted by atomic mass is 10.2. The fourth-order valence-corrected chi connectivity index (χ4v) is 2.06. The quantitative estimate of drug-likeness (QED) is 0.752. The molecule has 2 amide bonds. The molecule has 0 aliphatic carbocycles. The van der Waals surface area contributed by atoms with Crippen LogP contribution in [-0.2, 0) is 0 Å². The van der Waals surface area contributed by atoms with E-state index >= 15 is 0 Å². The molecule has 0 spiro atoms. The molecular weight excluding hydrogens is 300 g/mol. The molecule has 5 nitrogen and oxygen atoms in total. The summed E-state index contributed by atoms with van der Waals surface area (Å²) < 4.78 is 0. The van der Waals surface area contributed by atoms with Crippen molar-refractivity contribution in [1.82, 2.24) is 5.32 Å². The molecule has 0 aromatic heterocycles. The highest BCUT2D eigenvalue weighted by molar-refractivity contribution is 7.99. The number of hydrogen-bond acceptors (Lipinski definition) is 3. The van der Waals surface area contributed by atoms with E-state index in [4.69, 9.17) is 16.7 Å². The first kappa shape index (κ1) is 16.7. The van der Waals surface area contributed by atoms with E-state index < -0.39 is 5.97 Å². The molecule has 7 heteroatoms. The molecule has 1 unspecified atom stereocenters. The molecule has 0 radical (unpaired) electrons. The van der Waals surface area contributed by atoms with Gasteiger partial charge in [0.1, 0.15) is 0 Å². The molecule has 0 heterocycles. The summed E-state index contributed by atoms with van der Waals surface area (Å²) >= 11 is 7.56. The zero-order valence-electron chi connectivity index (χ0n) is 11.3. The standard InChI is InChI=1S/C13H17ClN2O3S/c1-8(20-2)5-6-15-13(19)16-9-3-4-10(12(17)18)11(14)7-9/h3-4,7-8H,5-6H2,1-2H3,(H,17,18)(H2,15,16,19). The number of carbonyl (C=O) groups excluding carboxylic acids is 1. The Kier molecular flexibility index (Phi) is 6.67. The number of rotatable bonds is 6. The number of nitrogens with one attached hydrogen (secondary N) is 2. The van der Waals surface area contributed by atoms with Crippen molar-refractivity contribution >= 4 is 41.1 Å². The van der Waals surface area contributed by atoms with Crippen molar-refractivity contribution < 1.29 is 14.7 Å². The van der Waals surface area contributed by atoms with Gasteiger partial charge in [-0.15, -0.1) is 0 Å². The lowest BCUT2D eigenvalue weighted by Gasteiger charge is -2.11. The Balaban J connectivity index is 2.50. The maximum atomic E-state index is 11.6. The molecule has 1 aromatic carbocycles. The van der Waals surface area contributed by atoms with E-state index in [0.29, 0.717) is 17.5 Å². The molecule has 3 N–H and O–H groups in total. The molecule has 1 rings (SSSR count). The number of carboxylic acids is 1. The Morgan fingerprint density at radius 2 is 2.15 bits per heavy atom. The van der Waals surface area contributed by atoms with Crippen molar-refractivity contribution in [3.63, 3.8) is 0 Å². The summed E-state index contributed by atoms with van der Waals surface area (Å²) in [7, 11) is 0. The minimum Gasteiger partial charge on any atom is -0.478 e. The average Bonchev–Trinajstić information content (AvgIpc) is 2.38. The van der Waals surface area contributed by atoms with Crippen LogP contribution in [0, 0.1) is 0 Å². The van der Waals surface area contributed by atoms with Gasteiger partial charge in [0.25, 0.3) is 0 Å². The van der Waals surface area contributed by atoms with Crippen LogP contribution >= 0.6 is 23.4 Å². The summed E-state index contributed by atoms with van der Waals surface area (Å²) in [6.07, 6.45) is 2.91. The van der Waals surface area contributed by atoms with E-state index in [-0.39, 0.29) is 16.6 Å². The SMILES string of the molecule is CSC(C)CCNC(=O)Nc1ccc(C(=O)O)c(Cl)c1. The molecule has 1 atom stereocenters. The fourth-order valence-electron chi connectivity index (χ4n) is 1.45. The number of benzene rings is 1. The zero-order chi connectivity index (χ0) is 15.1. The van der Waals surface area contributed by atoms with Crippen LogP contribution in [0.1, 0.15) is 23.7 Å². The second kappa shape index (κ2) is 8.01. The van der Waals surface area contributed by atoms with Crippen LogP contribution in [-0.4, -0.2) is 35.2 Å². The van der Waals surface area contributed by atoms with E-state index in [0.717, 1.165) is 6.42 Å². The van der Waals surface area contributed by atoms with Crippen molar-refractivity contribution in [2.24, 2.45) is 0 Å². The number of thioether (sulfide) groups is 1. The third-order valence-electron chi connectivity index (χ3n) is 2.70. The van der Waals surface area contributed by atoms with Crippen LogP contribution in [0.4, 0.5) is 10.5 Å². The van der Waals surface area contributed by atoms with Crippen LogP contribution in [0.3, 0.4) is 0 Å². The first-order valence-corrected chi connectivity index (χ1v) is 7.71. The van der Waals surface area contributed by atoms with Crippen LogP contribution in [0.15, 0.2) is 18.2 Å². The normalized spacial score (nSPS) is 11.8. The molecular formula is C13H17ClN2O3S. The summed E-state index contributed by atoms with van der Waals surface area (Å²) in [5, 5.41) is 14.8. The van der Waals surface area contributed by atoms with Crippen molar-refractivity contribution in [2.45, 2.75) is 18.6 Å². The molecule has 1 aromatic rings. The Morgan fingerprint density at radius 1 is 1.45 bits per heavy atom. The molecule has 0 saturated carbocycles. The van der Waals surface area contributed by atoms with Gasteiger partial charge in [0.15, 0.2) is 0 Å². The van der Waals surface area contributed by atoms with E-state index in [1.807, 2.05) is 6.26 Å². The summed E-state index contributed by atoms with van der Waals surface area (Å²) in [6, 6.07) is 3.93. The lowest BCUT2D eigenvalue weighted by Crippen LogP contribution is -2.30. The minimum absolute atomic E-state index is 0.00594. The van der Waals surface area contributed by atoms with E-state index in [9.17, 15) is 9.59 Å². The first-order chi connectivity index (χ1) is 9.43. The van der Waals surface area contributed by atoms with Gasteiger partial charge in [-0.1, -0.05) is 18.5 Å². The summed E-state index contributed by atoms with van der Waals surface area (Å²) in [5.41, 5.74) is 0.460. The second-order valence-corrected chi connectivity index (χ2v) is 5.90. The molecule has 0 fully saturated rings.